The fraction of sp³-hybridized carbons (Fsp3) is 0.667. The molecule has 17 heavy (non-hydrogen) atoms. The zero-order valence-corrected chi connectivity index (χ0v) is 10.8. The minimum Gasteiger partial charge on any atom is -0.375 e. The molecule has 1 aliphatic carbocycles. The summed E-state index contributed by atoms with van der Waals surface area (Å²) < 4.78 is 0. The standard InChI is InChI=1S/C12H19N3OS/c13-12-15-10(8-17-12)11(16)14-7-6-9-4-2-1-3-5-9/h8-9H,1-7H2,(H2,13,15)(H,14,16). The topological polar surface area (TPSA) is 68.0 Å². The van der Waals surface area contributed by atoms with Crippen LogP contribution in [0.3, 0.4) is 0 Å². The summed E-state index contributed by atoms with van der Waals surface area (Å²) in [4.78, 5) is 15.6. The fourth-order valence-electron chi connectivity index (χ4n) is 2.35. The van der Waals surface area contributed by atoms with Crippen molar-refractivity contribution in [1.29, 1.82) is 0 Å². The third-order valence-corrected chi connectivity index (χ3v) is 3.99. The Labute approximate surface area is 106 Å². The van der Waals surface area contributed by atoms with Crippen molar-refractivity contribution in [3.8, 4) is 0 Å². The fourth-order valence-corrected chi connectivity index (χ4v) is 2.89. The van der Waals surface area contributed by atoms with Crippen molar-refractivity contribution in [2.45, 2.75) is 38.5 Å². The minimum absolute atomic E-state index is 0.103. The van der Waals surface area contributed by atoms with Crippen LogP contribution < -0.4 is 11.1 Å². The Morgan fingerprint density at radius 1 is 1.47 bits per heavy atom. The highest BCUT2D eigenvalue weighted by Crippen LogP contribution is 2.25. The van der Waals surface area contributed by atoms with Crippen LogP contribution in [0.15, 0.2) is 5.38 Å². The summed E-state index contributed by atoms with van der Waals surface area (Å²) >= 11 is 1.30. The third kappa shape index (κ3) is 3.70. The Kier molecular flexibility index (Phi) is 4.36. The molecule has 94 valence electrons. The zero-order chi connectivity index (χ0) is 12.1. The first-order valence-electron chi connectivity index (χ1n) is 6.25. The van der Waals surface area contributed by atoms with Crippen molar-refractivity contribution >= 4 is 22.4 Å². The normalized spacial score (nSPS) is 16.9. The Balaban J connectivity index is 1.69. The Morgan fingerprint density at radius 2 is 2.24 bits per heavy atom. The summed E-state index contributed by atoms with van der Waals surface area (Å²) in [6.07, 6.45) is 7.80. The van der Waals surface area contributed by atoms with Crippen LogP contribution >= 0.6 is 11.3 Å². The number of thiazole rings is 1. The van der Waals surface area contributed by atoms with Crippen LogP contribution in [-0.4, -0.2) is 17.4 Å². The van der Waals surface area contributed by atoms with Crippen LogP contribution in [0.1, 0.15) is 49.0 Å². The molecule has 0 saturated heterocycles. The molecular weight excluding hydrogens is 234 g/mol. The van der Waals surface area contributed by atoms with E-state index < -0.39 is 0 Å². The number of nitrogen functional groups attached to an aromatic ring is 1. The molecule has 5 heteroatoms. The smallest absolute Gasteiger partial charge is 0.270 e. The van der Waals surface area contributed by atoms with Gasteiger partial charge in [0.05, 0.1) is 0 Å². The molecule has 4 nitrogen and oxygen atoms in total. The number of hydrogen-bond acceptors (Lipinski definition) is 4. The van der Waals surface area contributed by atoms with E-state index in [4.69, 9.17) is 5.73 Å². The molecule has 3 N–H and O–H groups in total. The van der Waals surface area contributed by atoms with Crippen molar-refractivity contribution in [1.82, 2.24) is 10.3 Å². The van der Waals surface area contributed by atoms with Gasteiger partial charge in [0.15, 0.2) is 5.13 Å². The summed E-state index contributed by atoms with van der Waals surface area (Å²) in [5, 5.41) is 5.06. The summed E-state index contributed by atoms with van der Waals surface area (Å²) in [5.41, 5.74) is 5.93. The lowest BCUT2D eigenvalue weighted by Crippen LogP contribution is -2.26. The number of carbonyl (C=O) groups excluding carboxylic acids is 1. The van der Waals surface area contributed by atoms with Gasteiger partial charge in [-0.05, 0) is 12.3 Å². The van der Waals surface area contributed by atoms with Gasteiger partial charge in [-0.2, -0.15) is 0 Å². The van der Waals surface area contributed by atoms with E-state index in [9.17, 15) is 4.79 Å². The maximum atomic E-state index is 11.7. The van der Waals surface area contributed by atoms with Crippen molar-refractivity contribution < 1.29 is 4.79 Å². The molecule has 2 rings (SSSR count). The van der Waals surface area contributed by atoms with Crippen LogP contribution in [0.2, 0.25) is 0 Å². The lowest BCUT2D eigenvalue weighted by Gasteiger charge is -2.21. The Morgan fingerprint density at radius 3 is 2.88 bits per heavy atom. The van der Waals surface area contributed by atoms with Gasteiger partial charge in [-0.1, -0.05) is 32.1 Å². The van der Waals surface area contributed by atoms with Gasteiger partial charge in [-0.3, -0.25) is 4.79 Å². The predicted molar refractivity (Wildman–Crippen MR) is 70.1 cm³/mol. The van der Waals surface area contributed by atoms with E-state index in [1.807, 2.05) is 0 Å². The van der Waals surface area contributed by atoms with Gasteiger partial charge < -0.3 is 11.1 Å². The number of nitrogens with two attached hydrogens (primary N) is 1. The second kappa shape index (κ2) is 6.00. The Hall–Kier alpha value is -1.10. The van der Waals surface area contributed by atoms with Crippen LogP contribution in [0, 0.1) is 5.92 Å². The molecule has 1 aromatic heterocycles. The summed E-state index contributed by atoms with van der Waals surface area (Å²) in [6, 6.07) is 0. The van der Waals surface area contributed by atoms with Gasteiger partial charge in [0.1, 0.15) is 5.69 Å². The van der Waals surface area contributed by atoms with Gasteiger partial charge in [-0.15, -0.1) is 11.3 Å². The van der Waals surface area contributed by atoms with E-state index in [1.54, 1.807) is 5.38 Å². The van der Waals surface area contributed by atoms with E-state index in [1.165, 1.54) is 43.4 Å². The van der Waals surface area contributed by atoms with E-state index in [2.05, 4.69) is 10.3 Å². The van der Waals surface area contributed by atoms with E-state index in [0.29, 0.717) is 10.8 Å². The van der Waals surface area contributed by atoms with Crippen LogP contribution in [0.4, 0.5) is 5.13 Å². The molecule has 0 atom stereocenters. The number of rotatable bonds is 4. The van der Waals surface area contributed by atoms with Gasteiger partial charge in [0, 0.05) is 11.9 Å². The molecule has 0 aromatic carbocycles. The number of nitrogens with one attached hydrogen (secondary N) is 1. The quantitative estimate of drug-likeness (QED) is 0.866. The lowest BCUT2D eigenvalue weighted by atomic mass is 9.87. The maximum absolute atomic E-state index is 11.7. The second-order valence-corrected chi connectivity index (χ2v) is 5.51. The minimum atomic E-state index is -0.103. The summed E-state index contributed by atoms with van der Waals surface area (Å²) in [5.74, 6) is 0.693. The molecule has 1 aliphatic rings. The zero-order valence-electron chi connectivity index (χ0n) is 9.95. The van der Waals surface area contributed by atoms with Crippen LogP contribution in [0.25, 0.3) is 0 Å². The first kappa shape index (κ1) is 12.4. The van der Waals surface area contributed by atoms with Crippen LogP contribution in [-0.2, 0) is 0 Å². The van der Waals surface area contributed by atoms with Gasteiger partial charge in [0.25, 0.3) is 5.91 Å². The van der Waals surface area contributed by atoms with E-state index in [0.717, 1.165) is 18.9 Å². The highest BCUT2D eigenvalue weighted by Gasteiger charge is 2.14. The van der Waals surface area contributed by atoms with Crippen LogP contribution in [0.5, 0.6) is 0 Å². The molecule has 0 spiro atoms. The molecule has 1 fully saturated rings. The van der Waals surface area contributed by atoms with Gasteiger partial charge >= 0.3 is 0 Å². The van der Waals surface area contributed by atoms with Crippen molar-refractivity contribution in [3.05, 3.63) is 11.1 Å². The van der Waals surface area contributed by atoms with Crippen molar-refractivity contribution in [2.24, 2.45) is 5.92 Å². The average molecular weight is 253 g/mol. The lowest BCUT2D eigenvalue weighted by molar-refractivity contribution is 0.0946. The molecule has 0 aliphatic heterocycles. The number of hydrogen-bond donors (Lipinski definition) is 2. The average Bonchev–Trinajstić information content (AvgIpc) is 2.77. The molecule has 1 saturated carbocycles. The molecule has 1 amide bonds. The molecule has 1 heterocycles. The van der Waals surface area contributed by atoms with Gasteiger partial charge in [-0.25, -0.2) is 4.98 Å². The largest absolute Gasteiger partial charge is 0.375 e. The van der Waals surface area contributed by atoms with Crippen molar-refractivity contribution in [2.75, 3.05) is 12.3 Å². The summed E-state index contributed by atoms with van der Waals surface area (Å²) in [6.45, 7) is 0.751. The number of nitrogens with zero attached hydrogens (tertiary/aromatic N) is 1. The first-order valence-corrected chi connectivity index (χ1v) is 7.13. The molecule has 1 aromatic rings. The highest BCUT2D eigenvalue weighted by molar-refractivity contribution is 7.13. The van der Waals surface area contributed by atoms with E-state index in [-0.39, 0.29) is 5.91 Å². The monoisotopic (exact) mass is 253 g/mol. The number of carbonyl (C=O) groups is 1. The van der Waals surface area contributed by atoms with E-state index >= 15 is 0 Å². The molecular formula is C12H19N3OS. The highest BCUT2D eigenvalue weighted by atomic mass is 32.1. The summed E-state index contributed by atoms with van der Waals surface area (Å²) in [7, 11) is 0. The first-order chi connectivity index (χ1) is 8.25. The number of aromatic nitrogens is 1. The predicted octanol–water partition coefficient (Wildman–Crippen LogP) is 2.43. The third-order valence-electron chi connectivity index (χ3n) is 3.32. The Bertz CT molecular complexity index is 372. The molecule has 0 bridgehead atoms. The number of amides is 1. The molecule has 0 radical (unpaired) electrons. The molecule has 0 unspecified atom stereocenters. The SMILES string of the molecule is Nc1nc(C(=O)NCCC2CCCCC2)cs1. The van der Waals surface area contributed by atoms with Crippen molar-refractivity contribution in [3.63, 3.8) is 0 Å². The maximum Gasteiger partial charge on any atom is 0.270 e. The number of anilines is 1. The second-order valence-electron chi connectivity index (χ2n) is 4.62. The van der Waals surface area contributed by atoms with Gasteiger partial charge in [0.2, 0.25) is 0 Å².